The summed E-state index contributed by atoms with van der Waals surface area (Å²) in [5.74, 6) is 1.69. The summed E-state index contributed by atoms with van der Waals surface area (Å²) >= 11 is 0. The number of hydrogen-bond donors (Lipinski definition) is 2. The fourth-order valence-corrected chi connectivity index (χ4v) is 1.92. The number of ether oxygens (including phenoxy) is 1. The number of hydrogen-bond acceptors (Lipinski definition) is 3. The maximum atomic E-state index is 11.9. The normalized spacial score (nSPS) is 15.7. The number of carbonyl (C=O) groups excluding carboxylic acids is 1. The molecule has 5 nitrogen and oxygen atoms in total. The molecule has 0 radical (unpaired) electrons. The lowest BCUT2D eigenvalue weighted by Gasteiger charge is -2.21. The Hall–Kier alpha value is -1.49. The van der Waals surface area contributed by atoms with Gasteiger partial charge in [-0.25, -0.2) is 4.79 Å². The minimum atomic E-state index is -0.206. The second-order valence-electron chi connectivity index (χ2n) is 4.94. The average molecular weight is 268 g/mol. The van der Waals surface area contributed by atoms with Crippen LogP contribution in [0.5, 0.6) is 0 Å². The molecule has 0 fully saturated rings. The first-order valence-electron chi connectivity index (χ1n) is 6.52. The number of carbonyl (C=O) groups is 1. The summed E-state index contributed by atoms with van der Waals surface area (Å²) in [5, 5.41) is 5.75. The van der Waals surface area contributed by atoms with Gasteiger partial charge < -0.3 is 19.8 Å². The van der Waals surface area contributed by atoms with Crippen LogP contribution in [0.2, 0.25) is 0 Å². The van der Waals surface area contributed by atoms with Gasteiger partial charge in [-0.3, -0.25) is 0 Å². The highest BCUT2D eigenvalue weighted by Gasteiger charge is 2.18. The van der Waals surface area contributed by atoms with Gasteiger partial charge in [0.25, 0.3) is 0 Å². The molecule has 0 unspecified atom stereocenters. The molecule has 0 aliphatic heterocycles. The Morgan fingerprint density at radius 3 is 2.37 bits per heavy atom. The minimum absolute atomic E-state index is 0.0287. The second-order valence-corrected chi connectivity index (χ2v) is 4.94. The lowest BCUT2D eigenvalue weighted by atomic mass is 10.1. The Morgan fingerprint density at radius 2 is 1.89 bits per heavy atom. The molecule has 1 rings (SSSR count). The van der Waals surface area contributed by atoms with E-state index >= 15 is 0 Å². The van der Waals surface area contributed by atoms with Crippen LogP contribution in [-0.4, -0.2) is 25.3 Å². The lowest BCUT2D eigenvalue weighted by molar-refractivity contribution is 0.0910. The van der Waals surface area contributed by atoms with Gasteiger partial charge in [0.15, 0.2) is 0 Å². The highest BCUT2D eigenvalue weighted by Crippen LogP contribution is 2.20. The monoisotopic (exact) mass is 268 g/mol. The van der Waals surface area contributed by atoms with Crippen LogP contribution >= 0.6 is 0 Å². The van der Waals surface area contributed by atoms with Gasteiger partial charge in [0.05, 0.1) is 18.2 Å². The fourth-order valence-electron chi connectivity index (χ4n) is 1.92. The van der Waals surface area contributed by atoms with Crippen LogP contribution in [-0.2, 0) is 4.74 Å². The number of amides is 2. The van der Waals surface area contributed by atoms with Crippen LogP contribution in [0, 0.1) is 13.8 Å². The largest absolute Gasteiger partial charge is 0.466 e. The smallest absolute Gasteiger partial charge is 0.315 e. The zero-order valence-electron chi connectivity index (χ0n) is 12.5. The highest BCUT2D eigenvalue weighted by atomic mass is 16.5. The maximum absolute atomic E-state index is 11.9. The summed E-state index contributed by atoms with van der Waals surface area (Å²) in [7, 11) is 1.63. The SMILES string of the molecule is CO[C@H](C)[C@H](C)NC(=O)N[C@H](C)c1cc(C)oc1C. The quantitative estimate of drug-likeness (QED) is 0.863. The molecule has 2 amide bonds. The third-order valence-electron chi connectivity index (χ3n) is 3.33. The Labute approximate surface area is 114 Å². The van der Waals surface area contributed by atoms with Crippen LogP contribution in [0.15, 0.2) is 10.5 Å². The van der Waals surface area contributed by atoms with Crippen molar-refractivity contribution in [3.05, 3.63) is 23.2 Å². The van der Waals surface area contributed by atoms with Gasteiger partial charge in [-0.1, -0.05) is 0 Å². The Bertz CT molecular complexity index is 428. The number of furan rings is 1. The molecule has 1 aromatic heterocycles. The van der Waals surface area contributed by atoms with Crippen molar-refractivity contribution in [1.82, 2.24) is 10.6 Å². The maximum Gasteiger partial charge on any atom is 0.315 e. The molecule has 0 aliphatic carbocycles. The van der Waals surface area contributed by atoms with E-state index in [1.165, 1.54) is 0 Å². The molecule has 0 aromatic carbocycles. The van der Waals surface area contributed by atoms with Crippen LogP contribution in [0.4, 0.5) is 4.79 Å². The molecule has 3 atom stereocenters. The summed E-state index contributed by atoms with van der Waals surface area (Å²) in [6.07, 6.45) is -0.0287. The van der Waals surface area contributed by atoms with Crippen molar-refractivity contribution in [3.63, 3.8) is 0 Å². The third kappa shape index (κ3) is 4.28. The molecule has 0 aliphatic rings. The molecule has 1 heterocycles. The Kier molecular flexibility index (Phi) is 5.42. The molecule has 0 bridgehead atoms. The molecule has 0 spiro atoms. The van der Waals surface area contributed by atoms with Crippen molar-refractivity contribution in [3.8, 4) is 0 Å². The summed E-state index contributed by atoms with van der Waals surface area (Å²) in [5.41, 5.74) is 1.00. The first kappa shape index (κ1) is 15.6. The molecule has 0 saturated carbocycles. The molecule has 5 heteroatoms. The molecular formula is C14H24N2O3. The highest BCUT2D eigenvalue weighted by molar-refractivity contribution is 5.74. The van der Waals surface area contributed by atoms with Crippen molar-refractivity contribution >= 4 is 6.03 Å². The minimum Gasteiger partial charge on any atom is -0.466 e. The van der Waals surface area contributed by atoms with Gasteiger partial charge >= 0.3 is 6.03 Å². The average Bonchev–Trinajstić information content (AvgIpc) is 2.67. The van der Waals surface area contributed by atoms with E-state index < -0.39 is 0 Å². The molecule has 19 heavy (non-hydrogen) atoms. The number of rotatable bonds is 5. The van der Waals surface area contributed by atoms with Crippen molar-refractivity contribution in [2.24, 2.45) is 0 Å². The van der Waals surface area contributed by atoms with Crippen LogP contribution in [0.3, 0.4) is 0 Å². The molecular weight excluding hydrogens is 244 g/mol. The number of nitrogens with one attached hydrogen (secondary N) is 2. The van der Waals surface area contributed by atoms with Gasteiger partial charge in [0, 0.05) is 12.7 Å². The molecule has 2 N–H and O–H groups in total. The summed E-state index contributed by atoms with van der Waals surface area (Å²) in [6.45, 7) is 9.55. The van der Waals surface area contributed by atoms with E-state index in [9.17, 15) is 4.79 Å². The van der Waals surface area contributed by atoms with Gasteiger partial charge in [-0.2, -0.15) is 0 Å². The predicted octanol–water partition coefficient (Wildman–Crippen LogP) is 2.68. The number of aryl methyl sites for hydroxylation is 2. The zero-order chi connectivity index (χ0) is 14.6. The first-order chi connectivity index (χ1) is 8.85. The standard InChI is InChI=1S/C14H24N2O3/c1-8-7-13(12(5)19-8)10(3)16-14(17)15-9(2)11(4)18-6/h7,9-11H,1-6H3,(H2,15,16,17)/t9-,10+,11+/m0/s1. The van der Waals surface area contributed by atoms with Crippen LogP contribution in [0.25, 0.3) is 0 Å². The summed E-state index contributed by atoms with van der Waals surface area (Å²) in [4.78, 5) is 11.9. The third-order valence-corrected chi connectivity index (χ3v) is 3.33. The van der Waals surface area contributed by atoms with Crippen LogP contribution < -0.4 is 10.6 Å². The summed E-state index contributed by atoms with van der Waals surface area (Å²) < 4.78 is 10.6. The van der Waals surface area contributed by atoms with E-state index in [0.29, 0.717) is 0 Å². The predicted molar refractivity (Wildman–Crippen MR) is 74.2 cm³/mol. The lowest BCUT2D eigenvalue weighted by Crippen LogP contribution is -2.46. The Morgan fingerprint density at radius 1 is 1.26 bits per heavy atom. The molecule has 0 saturated heterocycles. The number of urea groups is 1. The summed E-state index contributed by atoms with van der Waals surface area (Å²) in [6, 6.07) is 1.59. The van der Waals surface area contributed by atoms with E-state index in [1.807, 2.05) is 40.7 Å². The fraction of sp³-hybridized carbons (Fsp3) is 0.643. The van der Waals surface area contributed by atoms with E-state index in [0.717, 1.165) is 17.1 Å². The second kappa shape index (κ2) is 6.61. The number of methoxy groups -OCH3 is 1. The first-order valence-corrected chi connectivity index (χ1v) is 6.52. The van der Waals surface area contributed by atoms with Crippen molar-refractivity contribution in [2.75, 3.05) is 7.11 Å². The van der Waals surface area contributed by atoms with Gasteiger partial charge in [0.2, 0.25) is 0 Å². The van der Waals surface area contributed by atoms with Gasteiger partial charge in [0.1, 0.15) is 11.5 Å². The van der Waals surface area contributed by atoms with Gasteiger partial charge in [-0.15, -0.1) is 0 Å². The van der Waals surface area contributed by atoms with E-state index in [-0.39, 0.29) is 24.2 Å². The zero-order valence-corrected chi connectivity index (χ0v) is 12.5. The van der Waals surface area contributed by atoms with Crippen molar-refractivity contribution < 1.29 is 13.9 Å². The topological polar surface area (TPSA) is 63.5 Å². The molecule has 1 aromatic rings. The van der Waals surface area contributed by atoms with Crippen molar-refractivity contribution in [2.45, 2.75) is 52.8 Å². The Balaban J connectivity index is 2.55. The van der Waals surface area contributed by atoms with Crippen molar-refractivity contribution in [1.29, 1.82) is 0 Å². The van der Waals surface area contributed by atoms with E-state index in [1.54, 1.807) is 7.11 Å². The van der Waals surface area contributed by atoms with Crippen LogP contribution in [0.1, 0.15) is 43.9 Å². The molecule has 108 valence electrons. The van der Waals surface area contributed by atoms with Gasteiger partial charge in [-0.05, 0) is 40.7 Å². The van der Waals surface area contributed by atoms with E-state index in [4.69, 9.17) is 9.15 Å². The van der Waals surface area contributed by atoms with E-state index in [2.05, 4.69) is 10.6 Å².